The molecule has 2 rings (SSSR count). The van der Waals surface area contributed by atoms with Crippen molar-refractivity contribution < 1.29 is 9.59 Å². The van der Waals surface area contributed by atoms with Crippen LogP contribution in [-0.2, 0) is 9.59 Å². The zero-order chi connectivity index (χ0) is 15.6. The van der Waals surface area contributed by atoms with Gasteiger partial charge in [0.1, 0.15) is 0 Å². The fourth-order valence-corrected chi connectivity index (χ4v) is 2.68. The molecule has 2 heterocycles. The molecule has 2 aromatic heterocycles. The monoisotopic (exact) mass is 334 g/mol. The molecular weight excluding hydrogens is 320 g/mol. The maximum atomic E-state index is 11.6. The van der Waals surface area contributed by atoms with Crippen molar-refractivity contribution in [2.45, 2.75) is 10.1 Å². The molecule has 0 aliphatic carbocycles. The van der Waals surface area contributed by atoms with Crippen LogP contribution < -0.4 is 10.9 Å². The lowest BCUT2D eigenvalue weighted by atomic mass is 10.5. The first-order chi connectivity index (χ1) is 10.7. The number of hydrazine groups is 1. The topological polar surface area (TPSA) is 84.0 Å². The number of nitrogens with zero attached hydrogens (tertiary/aromatic N) is 2. The van der Waals surface area contributed by atoms with Gasteiger partial charge in [-0.05, 0) is 24.3 Å². The summed E-state index contributed by atoms with van der Waals surface area (Å²) in [6, 6.07) is 11.0. The molecule has 0 aliphatic heterocycles. The molecule has 0 fully saturated rings. The highest BCUT2D eigenvalue weighted by Gasteiger charge is 2.06. The van der Waals surface area contributed by atoms with Crippen molar-refractivity contribution in [3.05, 3.63) is 48.8 Å². The van der Waals surface area contributed by atoms with Gasteiger partial charge in [-0.2, -0.15) is 0 Å². The van der Waals surface area contributed by atoms with Crippen LogP contribution in [0.4, 0.5) is 0 Å². The largest absolute Gasteiger partial charge is 0.272 e. The van der Waals surface area contributed by atoms with Crippen LogP contribution in [0.2, 0.25) is 0 Å². The van der Waals surface area contributed by atoms with Gasteiger partial charge in [0.2, 0.25) is 11.8 Å². The average Bonchev–Trinajstić information content (AvgIpc) is 2.58. The van der Waals surface area contributed by atoms with Crippen LogP contribution in [0.1, 0.15) is 0 Å². The molecular formula is C14H14N4O2S2. The lowest BCUT2D eigenvalue weighted by Crippen LogP contribution is -2.43. The van der Waals surface area contributed by atoms with Crippen molar-refractivity contribution in [2.24, 2.45) is 0 Å². The van der Waals surface area contributed by atoms with E-state index >= 15 is 0 Å². The zero-order valence-electron chi connectivity index (χ0n) is 11.6. The minimum absolute atomic E-state index is 0.185. The molecule has 2 N–H and O–H groups in total. The Bertz CT molecular complexity index is 555. The summed E-state index contributed by atoms with van der Waals surface area (Å²) in [4.78, 5) is 31.4. The molecule has 0 aromatic carbocycles. The summed E-state index contributed by atoms with van der Waals surface area (Å²) in [5.41, 5.74) is 4.74. The highest BCUT2D eigenvalue weighted by molar-refractivity contribution is 8.00. The van der Waals surface area contributed by atoms with E-state index in [1.54, 1.807) is 12.4 Å². The quantitative estimate of drug-likeness (QED) is 0.615. The van der Waals surface area contributed by atoms with Crippen molar-refractivity contribution in [3.63, 3.8) is 0 Å². The third-order valence-corrected chi connectivity index (χ3v) is 4.21. The van der Waals surface area contributed by atoms with Gasteiger partial charge >= 0.3 is 0 Å². The van der Waals surface area contributed by atoms with E-state index in [0.29, 0.717) is 0 Å². The molecule has 2 aromatic rings. The maximum Gasteiger partial charge on any atom is 0.248 e. The maximum absolute atomic E-state index is 11.6. The Labute approximate surface area is 136 Å². The van der Waals surface area contributed by atoms with Crippen molar-refractivity contribution in [1.29, 1.82) is 0 Å². The second kappa shape index (κ2) is 9.06. The van der Waals surface area contributed by atoms with E-state index in [-0.39, 0.29) is 23.3 Å². The normalized spacial score (nSPS) is 10.0. The number of thioether (sulfide) groups is 2. The fourth-order valence-electron chi connectivity index (χ4n) is 1.36. The molecule has 0 radical (unpaired) electrons. The molecule has 0 unspecified atom stereocenters. The minimum atomic E-state index is -0.285. The summed E-state index contributed by atoms with van der Waals surface area (Å²) >= 11 is 2.60. The van der Waals surface area contributed by atoms with E-state index in [1.165, 1.54) is 23.5 Å². The molecule has 2 amide bonds. The number of hydrogen-bond donors (Lipinski definition) is 2. The number of nitrogens with one attached hydrogen (secondary N) is 2. The van der Waals surface area contributed by atoms with Gasteiger partial charge < -0.3 is 0 Å². The van der Waals surface area contributed by atoms with Crippen molar-refractivity contribution in [1.82, 2.24) is 20.8 Å². The number of carbonyl (C=O) groups excluding carboxylic acids is 2. The Balaban J connectivity index is 1.62. The van der Waals surface area contributed by atoms with Crippen LogP contribution >= 0.6 is 23.5 Å². The fraction of sp³-hybridized carbons (Fsp3) is 0.143. The minimum Gasteiger partial charge on any atom is -0.272 e. The van der Waals surface area contributed by atoms with Crippen LogP contribution in [-0.4, -0.2) is 33.3 Å². The Morgan fingerprint density at radius 1 is 0.818 bits per heavy atom. The molecule has 0 bridgehead atoms. The standard InChI is InChI=1S/C14H14N4O2S2/c19-11(9-21-13-5-1-3-7-15-13)17-18-12(20)10-22-14-6-2-4-8-16-14/h1-8H,9-10H2,(H,17,19)(H,18,20). The Hall–Kier alpha value is -2.06. The molecule has 0 atom stereocenters. The molecule has 0 saturated heterocycles. The highest BCUT2D eigenvalue weighted by Crippen LogP contribution is 2.13. The average molecular weight is 334 g/mol. The number of carbonyl (C=O) groups is 2. The van der Waals surface area contributed by atoms with E-state index in [4.69, 9.17) is 0 Å². The van der Waals surface area contributed by atoms with Gasteiger partial charge in [-0.3, -0.25) is 20.4 Å². The number of aromatic nitrogens is 2. The summed E-state index contributed by atoms with van der Waals surface area (Å²) in [6.07, 6.45) is 3.33. The highest BCUT2D eigenvalue weighted by atomic mass is 32.2. The third-order valence-electron chi connectivity index (χ3n) is 2.32. The molecule has 6 nitrogen and oxygen atoms in total. The number of amides is 2. The predicted octanol–water partition coefficient (Wildman–Crippen LogP) is 1.51. The van der Waals surface area contributed by atoms with Crippen molar-refractivity contribution in [2.75, 3.05) is 11.5 Å². The Kier molecular flexibility index (Phi) is 6.72. The lowest BCUT2D eigenvalue weighted by molar-refractivity contribution is -0.126. The number of pyridine rings is 2. The van der Waals surface area contributed by atoms with E-state index in [0.717, 1.165) is 10.1 Å². The van der Waals surface area contributed by atoms with Crippen molar-refractivity contribution in [3.8, 4) is 0 Å². The van der Waals surface area contributed by atoms with Crippen LogP contribution in [0.15, 0.2) is 58.8 Å². The van der Waals surface area contributed by atoms with E-state index in [2.05, 4.69) is 20.8 Å². The summed E-state index contributed by atoms with van der Waals surface area (Å²) in [5.74, 6) is -0.200. The van der Waals surface area contributed by atoms with Gasteiger partial charge in [-0.1, -0.05) is 35.7 Å². The smallest absolute Gasteiger partial charge is 0.248 e. The van der Waals surface area contributed by atoms with Gasteiger partial charge in [0.05, 0.1) is 21.6 Å². The van der Waals surface area contributed by atoms with Crippen LogP contribution in [0, 0.1) is 0 Å². The summed E-state index contributed by atoms with van der Waals surface area (Å²) in [7, 11) is 0. The lowest BCUT2D eigenvalue weighted by Gasteiger charge is -2.06. The van der Waals surface area contributed by atoms with Gasteiger partial charge in [-0.15, -0.1) is 0 Å². The molecule has 0 saturated carbocycles. The molecule has 0 spiro atoms. The first kappa shape index (κ1) is 16.3. The number of hydrogen-bond acceptors (Lipinski definition) is 6. The Morgan fingerprint density at radius 3 is 1.64 bits per heavy atom. The van der Waals surface area contributed by atoms with E-state index in [9.17, 15) is 9.59 Å². The van der Waals surface area contributed by atoms with Crippen LogP contribution in [0.5, 0.6) is 0 Å². The summed E-state index contributed by atoms with van der Waals surface area (Å²) in [5, 5.41) is 1.52. The van der Waals surface area contributed by atoms with E-state index < -0.39 is 0 Å². The van der Waals surface area contributed by atoms with E-state index in [1.807, 2.05) is 36.4 Å². The molecule has 22 heavy (non-hydrogen) atoms. The van der Waals surface area contributed by atoms with Gasteiger partial charge in [-0.25, -0.2) is 9.97 Å². The first-order valence-corrected chi connectivity index (χ1v) is 8.36. The predicted molar refractivity (Wildman–Crippen MR) is 86.2 cm³/mol. The summed E-state index contributed by atoms with van der Waals surface area (Å²) < 4.78 is 0. The van der Waals surface area contributed by atoms with Crippen molar-refractivity contribution >= 4 is 35.3 Å². The third kappa shape index (κ3) is 6.15. The second-order valence-electron chi connectivity index (χ2n) is 4.01. The molecule has 0 aliphatic rings. The van der Waals surface area contributed by atoms with Crippen LogP contribution in [0.3, 0.4) is 0 Å². The van der Waals surface area contributed by atoms with Crippen LogP contribution in [0.25, 0.3) is 0 Å². The molecule has 114 valence electrons. The second-order valence-corrected chi connectivity index (χ2v) is 6.00. The first-order valence-electron chi connectivity index (χ1n) is 6.39. The Morgan fingerprint density at radius 2 is 1.27 bits per heavy atom. The SMILES string of the molecule is O=C(CSc1ccccn1)NNC(=O)CSc1ccccn1. The van der Waals surface area contributed by atoms with Gasteiger partial charge in [0.25, 0.3) is 0 Å². The number of rotatable bonds is 6. The summed E-state index contributed by atoms with van der Waals surface area (Å²) in [6.45, 7) is 0. The van der Waals surface area contributed by atoms with Gasteiger partial charge in [0.15, 0.2) is 0 Å². The molecule has 8 heteroatoms. The zero-order valence-corrected chi connectivity index (χ0v) is 13.2. The van der Waals surface area contributed by atoms with Gasteiger partial charge in [0, 0.05) is 12.4 Å².